The number of nitrogens with zero attached hydrogens (tertiary/aromatic N) is 4. The normalized spacial score (nSPS) is 13.3. The van der Waals surface area contributed by atoms with Gasteiger partial charge in [0.2, 0.25) is 0 Å². The first-order chi connectivity index (χ1) is 9.08. The van der Waals surface area contributed by atoms with Gasteiger partial charge < -0.3 is 0 Å². The number of aromatic amines is 1. The van der Waals surface area contributed by atoms with E-state index < -0.39 is 11.2 Å². The van der Waals surface area contributed by atoms with E-state index in [1.54, 1.807) is 7.05 Å². The van der Waals surface area contributed by atoms with Crippen molar-refractivity contribution in [3.8, 4) is 0 Å². The van der Waals surface area contributed by atoms with Crippen LogP contribution in [-0.2, 0) is 13.5 Å². The number of aromatic nitrogens is 4. The summed E-state index contributed by atoms with van der Waals surface area (Å²) >= 11 is 5.95. The molecule has 0 saturated heterocycles. The molecule has 0 unspecified atom stereocenters. The quantitative estimate of drug-likeness (QED) is 0.805. The van der Waals surface area contributed by atoms with Gasteiger partial charge >= 0.3 is 5.69 Å². The maximum Gasteiger partial charge on any atom is 0.329 e. The minimum absolute atomic E-state index is 0.218. The van der Waals surface area contributed by atoms with Crippen LogP contribution in [0.25, 0.3) is 0 Å². The van der Waals surface area contributed by atoms with Crippen LogP contribution in [0.5, 0.6) is 0 Å². The zero-order valence-corrected chi connectivity index (χ0v) is 10.6. The highest BCUT2D eigenvalue weighted by molar-refractivity contribution is 6.33. The average molecular weight is 278 g/mol. The number of halogens is 1. The lowest BCUT2D eigenvalue weighted by atomic mass is 10.1. The highest BCUT2D eigenvalue weighted by Gasteiger charge is 2.24. The van der Waals surface area contributed by atoms with Crippen LogP contribution >= 0.6 is 11.6 Å². The predicted octanol–water partition coefficient (Wildman–Crippen LogP) is 0.194. The molecule has 1 aliphatic rings. The molecule has 1 aliphatic heterocycles. The lowest BCUT2D eigenvalue weighted by molar-refractivity contribution is 0.796. The van der Waals surface area contributed by atoms with Gasteiger partial charge in [-0.2, -0.15) is 0 Å². The second-order valence-corrected chi connectivity index (χ2v) is 4.41. The molecular weight excluding hydrogens is 270 g/mol. The summed E-state index contributed by atoms with van der Waals surface area (Å²) in [6.45, 7) is 0. The summed E-state index contributed by atoms with van der Waals surface area (Å²) in [5.41, 5.74) is 0.446. The van der Waals surface area contributed by atoms with Gasteiger partial charge in [0.15, 0.2) is 5.15 Å². The number of H-pyrrole nitrogens is 1. The highest BCUT2D eigenvalue weighted by atomic mass is 35.5. The molecule has 96 valence electrons. The molecule has 19 heavy (non-hydrogen) atoms. The Bertz CT molecular complexity index is 821. The van der Waals surface area contributed by atoms with Gasteiger partial charge in [0, 0.05) is 25.9 Å². The minimum Gasteiger partial charge on any atom is -0.281 e. The largest absolute Gasteiger partial charge is 0.329 e. The molecule has 0 radical (unpaired) electrons. The Labute approximate surface area is 111 Å². The van der Waals surface area contributed by atoms with Crippen molar-refractivity contribution in [3.05, 3.63) is 49.6 Å². The topological polar surface area (TPSA) is 93.0 Å². The summed E-state index contributed by atoms with van der Waals surface area (Å²) in [5.74, 6) is 0.338. The molecule has 0 saturated carbocycles. The zero-order valence-electron chi connectivity index (χ0n) is 9.85. The summed E-state index contributed by atoms with van der Waals surface area (Å²) < 4.78 is 1.29. The molecule has 0 atom stereocenters. The van der Waals surface area contributed by atoms with Crippen LogP contribution in [0.1, 0.15) is 11.3 Å². The van der Waals surface area contributed by atoms with E-state index in [1.165, 1.54) is 17.0 Å². The molecule has 0 aliphatic carbocycles. The Hall–Kier alpha value is -2.28. The van der Waals surface area contributed by atoms with Crippen LogP contribution in [0, 0.1) is 0 Å². The van der Waals surface area contributed by atoms with E-state index in [0.29, 0.717) is 22.8 Å². The number of fused-ring (bicyclic) bond motifs is 1. The molecule has 3 rings (SSSR count). The van der Waals surface area contributed by atoms with Gasteiger partial charge in [0.1, 0.15) is 11.5 Å². The van der Waals surface area contributed by atoms with Gasteiger partial charge in [-0.3, -0.25) is 19.3 Å². The van der Waals surface area contributed by atoms with Gasteiger partial charge in [0.05, 0.1) is 11.3 Å². The van der Waals surface area contributed by atoms with E-state index in [-0.39, 0.29) is 11.6 Å². The van der Waals surface area contributed by atoms with Crippen LogP contribution in [-0.4, -0.2) is 25.2 Å². The summed E-state index contributed by atoms with van der Waals surface area (Å²) in [6.07, 6.45) is 3.24. The van der Waals surface area contributed by atoms with Crippen LogP contribution in [0.3, 0.4) is 0 Å². The van der Waals surface area contributed by atoms with Crippen molar-refractivity contribution < 1.29 is 0 Å². The van der Waals surface area contributed by atoms with Crippen LogP contribution in [0.15, 0.2) is 27.0 Å². The third kappa shape index (κ3) is 1.78. The molecule has 3 heterocycles. The molecule has 2 aromatic heterocycles. The Kier molecular flexibility index (Phi) is 2.56. The molecule has 7 nitrogen and oxygen atoms in total. The second-order valence-electron chi connectivity index (χ2n) is 4.05. The Morgan fingerprint density at radius 3 is 2.79 bits per heavy atom. The van der Waals surface area contributed by atoms with Gasteiger partial charge in [-0.25, -0.2) is 14.8 Å². The first kappa shape index (κ1) is 11.8. The number of rotatable bonds is 1. The van der Waals surface area contributed by atoms with Crippen LogP contribution in [0.4, 0.5) is 5.82 Å². The van der Waals surface area contributed by atoms with Crippen LogP contribution in [0.2, 0.25) is 5.15 Å². The van der Waals surface area contributed by atoms with E-state index in [1.807, 2.05) is 0 Å². The summed E-state index contributed by atoms with van der Waals surface area (Å²) in [6, 6.07) is 0. The number of aliphatic imine (C=N–C) groups is 1. The Morgan fingerprint density at radius 1 is 1.32 bits per heavy atom. The SMILES string of the molecule is Cn1c2c(c(=O)[nH]c1=O)CC(c1nccnc1Cl)=N2. The first-order valence-corrected chi connectivity index (χ1v) is 5.82. The van der Waals surface area contributed by atoms with E-state index in [0.717, 1.165) is 0 Å². The monoisotopic (exact) mass is 277 g/mol. The highest BCUT2D eigenvalue weighted by Crippen LogP contribution is 2.25. The third-order valence-corrected chi connectivity index (χ3v) is 3.18. The zero-order chi connectivity index (χ0) is 13.6. The van der Waals surface area contributed by atoms with Crippen molar-refractivity contribution >= 4 is 23.1 Å². The molecular formula is C11H8ClN5O2. The van der Waals surface area contributed by atoms with Crippen molar-refractivity contribution in [2.24, 2.45) is 12.0 Å². The van der Waals surface area contributed by atoms with E-state index in [9.17, 15) is 9.59 Å². The average Bonchev–Trinajstić information content (AvgIpc) is 2.82. The fourth-order valence-electron chi connectivity index (χ4n) is 1.94. The standard InChI is InChI=1S/C11H8ClN5O2/c1-17-9-5(10(18)16-11(17)19)4-6(15-9)7-8(12)14-3-2-13-7/h2-3H,4H2,1H3,(H,16,18,19). The maximum atomic E-state index is 11.7. The molecule has 8 heteroatoms. The number of nitrogens with one attached hydrogen (secondary N) is 1. The summed E-state index contributed by atoms with van der Waals surface area (Å²) in [5, 5.41) is 0.218. The smallest absolute Gasteiger partial charge is 0.281 e. The lowest BCUT2D eigenvalue weighted by Gasteiger charge is -2.00. The molecule has 0 fully saturated rings. The van der Waals surface area contributed by atoms with E-state index in [2.05, 4.69) is 19.9 Å². The summed E-state index contributed by atoms with van der Waals surface area (Å²) in [7, 11) is 1.54. The van der Waals surface area contributed by atoms with Crippen LogP contribution < -0.4 is 11.2 Å². The molecule has 1 N–H and O–H groups in total. The second kappa shape index (κ2) is 4.13. The van der Waals surface area contributed by atoms with Crippen molar-refractivity contribution in [1.29, 1.82) is 0 Å². The van der Waals surface area contributed by atoms with Crippen molar-refractivity contribution in [2.45, 2.75) is 6.42 Å². The van der Waals surface area contributed by atoms with Gasteiger partial charge in [-0.15, -0.1) is 0 Å². The van der Waals surface area contributed by atoms with Crippen molar-refractivity contribution in [2.75, 3.05) is 0 Å². The molecule has 0 bridgehead atoms. The molecule has 0 aromatic carbocycles. The van der Waals surface area contributed by atoms with Crippen molar-refractivity contribution in [3.63, 3.8) is 0 Å². The fraction of sp³-hybridized carbons (Fsp3) is 0.182. The fourth-order valence-corrected chi connectivity index (χ4v) is 2.16. The van der Waals surface area contributed by atoms with E-state index in [4.69, 9.17) is 11.6 Å². The van der Waals surface area contributed by atoms with E-state index >= 15 is 0 Å². The third-order valence-electron chi connectivity index (χ3n) is 2.90. The first-order valence-electron chi connectivity index (χ1n) is 5.44. The lowest BCUT2D eigenvalue weighted by Crippen LogP contribution is -2.29. The minimum atomic E-state index is -0.501. The molecule has 0 amide bonds. The molecule has 0 spiro atoms. The number of hydrogen-bond donors (Lipinski definition) is 1. The van der Waals surface area contributed by atoms with Gasteiger partial charge in [-0.05, 0) is 0 Å². The van der Waals surface area contributed by atoms with Gasteiger partial charge in [0.25, 0.3) is 5.56 Å². The van der Waals surface area contributed by atoms with Crippen molar-refractivity contribution in [1.82, 2.24) is 19.5 Å². The molecule has 2 aromatic rings. The van der Waals surface area contributed by atoms with Gasteiger partial charge in [-0.1, -0.05) is 11.6 Å². The Balaban J connectivity index is 2.20. The predicted molar refractivity (Wildman–Crippen MR) is 69.2 cm³/mol. The Morgan fingerprint density at radius 2 is 2.05 bits per heavy atom. The maximum absolute atomic E-state index is 11.7. The summed E-state index contributed by atoms with van der Waals surface area (Å²) in [4.78, 5) is 37.8. The number of hydrogen-bond acceptors (Lipinski definition) is 5.